The van der Waals surface area contributed by atoms with E-state index in [2.05, 4.69) is 29.0 Å². The van der Waals surface area contributed by atoms with Crippen LogP contribution in [0.5, 0.6) is 0 Å². The second kappa shape index (κ2) is 7.10. The molecule has 5 rings (SSSR count). The number of halogens is 2. The third kappa shape index (κ3) is 3.29. The standard InChI is InChI=1S/C23H25F2N3O/c1-27-11-4-10-23(15-27)14-26-22(29-23)28-12-9-16-5-2-3-6-18(16)21(28)17-7-8-19(24)20(25)13-17/h2-3,5-8,13,21H,4,9-12,14-15H2,1H3/t21-,23+/m0/s1. The van der Waals surface area contributed by atoms with Crippen LogP contribution < -0.4 is 0 Å². The van der Waals surface area contributed by atoms with Crippen molar-refractivity contribution in [2.24, 2.45) is 4.99 Å². The minimum Gasteiger partial charge on any atom is -0.455 e. The van der Waals surface area contributed by atoms with Crippen molar-refractivity contribution in [1.29, 1.82) is 0 Å². The number of likely N-dealkylation sites (tertiary alicyclic amines) is 1. The summed E-state index contributed by atoms with van der Waals surface area (Å²) in [5.41, 5.74) is 2.77. The molecule has 152 valence electrons. The number of hydrogen-bond donors (Lipinski definition) is 0. The molecule has 3 aliphatic rings. The Hall–Kier alpha value is -2.47. The molecule has 0 aromatic heterocycles. The molecular weight excluding hydrogens is 372 g/mol. The predicted octanol–water partition coefficient (Wildman–Crippen LogP) is 3.76. The molecule has 6 heteroatoms. The summed E-state index contributed by atoms with van der Waals surface area (Å²) in [6, 6.07) is 12.7. The highest BCUT2D eigenvalue weighted by Gasteiger charge is 2.44. The second-order valence-electron chi connectivity index (χ2n) is 8.44. The van der Waals surface area contributed by atoms with E-state index in [-0.39, 0.29) is 11.6 Å². The van der Waals surface area contributed by atoms with E-state index < -0.39 is 11.6 Å². The van der Waals surface area contributed by atoms with E-state index in [9.17, 15) is 8.78 Å². The number of nitrogens with zero attached hydrogens (tertiary/aromatic N) is 3. The molecule has 3 heterocycles. The van der Waals surface area contributed by atoms with Crippen molar-refractivity contribution in [3.8, 4) is 0 Å². The van der Waals surface area contributed by atoms with Gasteiger partial charge in [-0.05, 0) is 61.7 Å². The van der Waals surface area contributed by atoms with Crippen molar-refractivity contribution < 1.29 is 13.5 Å². The van der Waals surface area contributed by atoms with E-state index in [4.69, 9.17) is 9.73 Å². The molecule has 0 bridgehead atoms. The predicted molar refractivity (Wildman–Crippen MR) is 108 cm³/mol. The summed E-state index contributed by atoms with van der Waals surface area (Å²) in [6.45, 7) is 3.32. The fourth-order valence-electron chi connectivity index (χ4n) is 4.97. The number of fused-ring (bicyclic) bond motifs is 1. The van der Waals surface area contributed by atoms with Crippen molar-refractivity contribution >= 4 is 6.02 Å². The van der Waals surface area contributed by atoms with Gasteiger partial charge in [-0.1, -0.05) is 30.3 Å². The third-order valence-electron chi connectivity index (χ3n) is 6.33. The smallest absolute Gasteiger partial charge is 0.288 e. The molecule has 0 radical (unpaired) electrons. The van der Waals surface area contributed by atoms with Crippen molar-refractivity contribution in [3.63, 3.8) is 0 Å². The first-order valence-electron chi connectivity index (χ1n) is 10.3. The highest BCUT2D eigenvalue weighted by atomic mass is 19.2. The average Bonchev–Trinajstić information content (AvgIpc) is 3.12. The van der Waals surface area contributed by atoms with E-state index in [0.717, 1.165) is 44.5 Å². The van der Waals surface area contributed by atoms with Crippen LogP contribution in [0.1, 0.15) is 35.6 Å². The maximum absolute atomic E-state index is 14.1. The SMILES string of the molecule is CN1CCC[C@@]2(CN=C(N3CCc4ccccc4[C@@H]3c3ccc(F)c(F)c3)O2)C1. The lowest BCUT2D eigenvalue weighted by atomic mass is 9.88. The number of benzene rings is 2. The van der Waals surface area contributed by atoms with Gasteiger partial charge in [0.2, 0.25) is 0 Å². The molecule has 4 nitrogen and oxygen atoms in total. The molecule has 1 fully saturated rings. The Balaban J connectivity index is 1.51. The fraction of sp³-hybridized carbons (Fsp3) is 0.435. The molecule has 1 saturated heterocycles. The van der Waals surface area contributed by atoms with Gasteiger partial charge in [-0.3, -0.25) is 0 Å². The van der Waals surface area contributed by atoms with Gasteiger partial charge in [-0.15, -0.1) is 0 Å². The Bertz CT molecular complexity index is 963. The Morgan fingerprint density at radius 1 is 1.10 bits per heavy atom. The van der Waals surface area contributed by atoms with Gasteiger partial charge < -0.3 is 14.5 Å². The van der Waals surface area contributed by atoms with Crippen LogP contribution in [0.3, 0.4) is 0 Å². The number of ether oxygens (including phenoxy) is 1. The summed E-state index contributed by atoms with van der Waals surface area (Å²) in [5, 5.41) is 0. The van der Waals surface area contributed by atoms with Gasteiger partial charge in [0.25, 0.3) is 6.02 Å². The Kier molecular flexibility index (Phi) is 4.54. The van der Waals surface area contributed by atoms with Crippen LogP contribution in [0, 0.1) is 11.6 Å². The zero-order chi connectivity index (χ0) is 20.0. The van der Waals surface area contributed by atoms with Crippen LogP contribution in [0.25, 0.3) is 0 Å². The summed E-state index contributed by atoms with van der Waals surface area (Å²) in [7, 11) is 2.11. The van der Waals surface area contributed by atoms with Crippen LogP contribution in [0.15, 0.2) is 47.5 Å². The molecule has 0 amide bonds. The van der Waals surface area contributed by atoms with E-state index in [0.29, 0.717) is 18.1 Å². The van der Waals surface area contributed by atoms with Crippen LogP contribution in [0.4, 0.5) is 8.78 Å². The quantitative estimate of drug-likeness (QED) is 0.734. The normalized spacial score (nSPS) is 26.9. The number of rotatable bonds is 1. The molecule has 1 spiro atoms. The summed E-state index contributed by atoms with van der Waals surface area (Å²) in [6.07, 6.45) is 2.95. The van der Waals surface area contributed by atoms with Gasteiger partial charge in [0.15, 0.2) is 11.6 Å². The lowest BCUT2D eigenvalue weighted by Gasteiger charge is -2.41. The van der Waals surface area contributed by atoms with Gasteiger partial charge in [0.1, 0.15) is 5.60 Å². The van der Waals surface area contributed by atoms with E-state index in [1.54, 1.807) is 6.07 Å². The summed E-state index contributed by atoms with van der Waals surface area (Å²) >= 11 is 0. The van der Waals surface area contributed by atoms with Gasteiger partial charge in [0, 0.05) is 13.1 Å². The number of hydrogen-bond acceptors (Lipinski definition) is 4. The van der Waals surface area contributed by atoms with Crippen molar-refractivity contribution in [2.45, 2.75) is 30.9 Å². The number of piperidine rings is 1. The van der Waals surface area contributed by atoms with Gasteiger partial charge in [0.05, 0.1) is 12.6 Å². The molecule has 2 aromatic rings. The van der Waals surface area contributed by atoms with Crippen LogP contribution in [-0.4, -0.2) is 54.6 Å². The molecule has 0 N–H and O–H groups in total. The Labute approximate surface area is 169 Å². The minimum atomic E-state index is -0.831. The summed E-state index contributed by atoms with van der Waals surface area (Å²) < 4.78 is 34.2. The van der Waals surface area contributed by atoms with Gasteiger partial charge in [-0.2, -0.15) is 0 Å². The van der Waals surface area contributed by atoms with Crippen molar-refractivity contribution in [1.82, 2.24) is 9.80 Å². The molecule has 2 atom stereocenters. The number of aliphatic imine (C=N–C) groups is 1. The molecule has 2 aromatic carbocycles. The van der Waals surface area contributed by atoms with E-state index in [1.807, 2.05) is 12.1 Å². The Morgan fingerprint density at radius 2 is 1.97 bits per heavy atom. The van der Waals surface area contributed by atoms with Crippen LogP contribution in [0.2, 0.25) is 0 Å². The monoisotopic (exact) mass is 397 g/mol. The first-order valence-corrected chi connectivity index (χ1v) is 10.3. The van der Waals surface area contributed by atoms with Gasteiger partial charge >= 0.3 is 0 Å². The van der Waals surface area contributed by atoms with E-state index >= 15 is 0 Å². The molecule has 0 saturated carbocycles. The molecule has 0 unspecified atom stereocenters. The number of likely N-dealkylation sites (N-methyl/N-ethyl adjacent to an activating group) is 1. The van der Waals surface area contributed by atoms with Crippen molar-refractivity contribution in [3.05, 3.63) is 70.8 Å². The van der Waals surface area contributed by atoms with Crippen LogP contribution >= 0.6 is 0 Å². The average molecular weight is 397 g/mol. The fourth-order valence-corrected chi connectivity index (χ4v) is 4.97. The zero-order valence-electron chi connectivity index (χ0n) is 16.6. The molecular formula is C23H25F2N3O. The first kappa shape index (κ1) is 18.6. The summed E-state index contributed by atoms with van der Waals surface area (Å²) in [4.78, 5) is 9.20. The maximum Gasteiger partial charge on any atom is 0.288 e. The third-order valence-corrected chi connectivity index (χ3v) is 6.33. The largest absolute Gasteiger partial charge is 0.455 e. The molecule has 3 aliphatic heterocycles. The topological polar surface area (TPSA) is 28.1 Å². The zero-order valence-corrected chi connectivity index (χ0v) is 16.6. The minimum absolute atomic E-state index is 0.245. The first-order chi connectivity index (χ1) is 14.0. The second-order valence-corrected chi connectivity index (χ2v) is 8.44. The maximum atomic E-state index is 14.1. The number of amidine groups is 1. The van der Waals surface area contributed by atoms with Crippen molar-refractivity contribution in [2.75, 3.05) is 33.2 Å². The highest BCUT2D eigenvalue weighted by molar-refractivity contribution is 5.78. The molecule has 29 heavy (non-hydrogen) atoms. The summed E-state index contributed by atoms with van der Waals surface area (Å²) in [5.74, 6) is -1.66. The lowest BCUT2D eigenvalue weighted by Crippen LogP contribution is -2.51. The highest BCUT2D eigenvalue weighted by Crippen LogP contribution is 2.39. The van der Waals surface area contributed by atoms with Gasteiger partial charge in [-0.25, -0.2) is 13.8 Å². The van der Waals surface area contributed by atoms with Crippen LogP contribution in [-0.2, 0) is 11.2 Å². The molecule has 0 aliphatic carbocycles. The van der Waals surface area contributed by atoms with E-state index in [1.165, 1.54) is 17.7 Å². The Morgan fingerprint density at radius 3 is 2.79 bits per heavy atom. The lowest BCUT2D eigenvalue weighted by molar-refractivity contribution is 0.000258.